The zero-order valence-corrected chi connectivity index (χ0v) is 17.6. The Morgan fingerprint density at radius 3 is 2.24 bits per heavy atom. The highest BCUT2D eigenvalue weighted by Crippen LogP contribution is 2.61. The molecule has 1 heterocycles. The van der Waals surface area contributed by atoms with Crippen LogP contribution < -0.4 is 10.2 Å². The highest BCUT2D eigenvalue weighted by atomic mass is 16.3. The summed E-state index contributed by atoms with van der Waals surface area (Å²) >= 11 is 0. The van der Waals surface area contributed by atoms with Crippen LogP contribution in [0.1, 0.15) is 45.4 Å². The van der Waals surface area contributed by atoms with Gasteiger partial charge in [0.05, 0.1) is 12.2 Å². The molecule has 0 radical (unpaired) electrons. The van der Waals surface area contributed by atoms with Crippen LogP contribution in [0.2, 0.25) is 0 Å². The summed E-state index contributed by atoms with van der Waals surface area (Å²) in [7, 11) is 0. The molecule has 1 saturated heterocycles. The lowest BCUT2D eigenvalue weighted by molar-refractivity contribution is -0.127. The van der Waals surface area contributed by atoms with Gasteiger partial charge in [-0.15, -0.1) is 0 Å². The zero-order chi connectivity index (χ0) is 20.0. The van der Waals surface area contributed by atoms with Gasteiger partial charge in [0.15, 0.2) is 0 Å². The van der Waals surface area contributed by atoms with Crippen molar-refractivity contribution in [3.05, 3.63) is 24.3 Å². The molecular weight excluding hydrogens is 362 g/mol. The first-order valence-electron chi connectivity index (χ1n) is 11.6. The van der Waals surface area contributed by atoms with E-state index in [9.17, 15) is 9.90 Å². The number of carbonyl (C=O) groups is 1. The lowest BCUT2D eigenvalue weighted by atomic mass is 9.48. The van der Waals surface area contributed by atoms with Crippen LogP contribution in [-0.2, 0) is 4.79 Å². The Bertz CT molecular complexity index is 721. The molecule has 0 aromatic heterocycles. The van der Waals surface area contributed by atoms with Crippen LogP contribution >= 0.6 is 0 Å². The molecule has 5 aliphatic rings. The first kappa shape index (κ1) is 19.2. The molecular formula is C24H35N3O2. The van der Waals surface area contributed by atoms with E-state index in [0.717, 1.165) is 49.6 Å². The number of rotatable bonds is 5. The van der Waals surface area contributed by atoms with Gasteiger partial charge in [-0.25, -0.2) is 0 Å². The van der Waals surface area contributed by atoms with Crippen LogP contribution in [0.3, 0.4) is 0 Å². The fourth-order valence-electron chi connectivity index (χ4n) is 7.23. The Hall–Kier alpha value is -1.75. The van der Waals surface area contributed by atoms with Gasteiger partial charge in [0, 0.05) is 32.2 Å². The Morgan fingerprint density at radius 1 is 1.07 bits per heavy atom. The van der Waals surface area contributed by atoms with Gasteiger partial charge in [0.1, 0.15) is 5.75 Å². The van der Waals surface area contributed by atoms with Crippen LogP contribution in [0.25, 0.3) is 0 Å². The standard InChI is InChI=1S/C24H35N3O2/c1-17(24-13-18-10-19(14-24)12-20(11-18)15-24)25-23(29)16-26-6-8-27(9-7-26)21-4-2-3-5-22(21)28/h2-5,17-20,28H,6-16H2,1H3,(H,25,29). The zero-order valence-electron chi connectivity index (χ0n) is 17.6. The van der Waals surface area contributed by atoms with E-state index >= 15 is 0 Å². The van der Waals surface area contributed by atoms with Gasteiger partial charge in [-0.1, -0.05) is 12.1 Å². The van der Waals surface area contributed by atoms with E-state index in [-0.39, 0.29) is 5.91 Å². The molecule has 4 saturated carbocycles. The second kappa shape index (κ2) is 7.50. The lowest BCUT2D eigenvalue weighted by Gasteiger charge is -2.59. The third-order valence-corrected chi connectivity index (χ3v) is 8.34. The maximum Gasteiger partial charge on any atom is 0.234 e. The number of amides is 1. The Kier molecular flexibility index (Phi) is 4.97. The van der Waals surface area contributed by atoms with Crippen molar-refractivity contribution >= 4 is 11.6 Å². The van der Waals surface area contributed by atoms with Gasteiger partial charge in [-0.05, 0) is 80.8 Å². The molecule has 4 aliphatic carbocycles. The number of piperazine rings is 1. The second-order valence-corrected chi connectivity index (χ2v) is 10.3. The Balaban J connectivity index is 1.13. The molecule has 1 aliphatic heterocycles. The predicted molar refractivity (Wildman–Crippen MR) is 115 cm³/mol. The van der Waals surface area contributed by atoms with E-state index in [0.29, 0.717) is 23.8 Å². The number of nitrogens with zero attached hydrogens (tertiary/aromatic N) is 2. The molecule has 29 heavy (non-hydrogen) atoms. The topological polar surface area (TPSA) is 55.8 Å². The number of nitrogens with one attached hydrogen (secondary N) is 1. The Morgan fingerprint density at radius 2 is 1.66 bits per heavy atom. The van der Waals surface area contributed by atoms with E-state index < -0.39 is 0 Å². The number of benzene rings is 1. The number of hydrogen-bond acceptors (Lipinski definition) is 4. The van der Waals surface area contributed by atoms with Crippen molar-refractivity contribution in [3.63, 3.8) is 0 Å². The molecule has 1 amide bonds. The molecule has 5 nitrogen and oxygen atoms in total. The number of hydrogen-bond donors (Lipinski definition) is 2. The van der Waals surface area contributed by atoms with Crippen molar-refractivity contribution < 1.29 is 9.90 Å². The van der Waals surface area contributed by atoms with Gasteiger partial charge < -0.3 is 15.3 Å². The maximum atomic E-state index is 12.8. The number of phenols is 1. The smallest absolute Gasteiger partial charge is 0.234 e. The summed E-state index contributed by atoms with van der Waals surface area (Å²) < 4.78 is 0. The third-order valence-electron chi connectivity index (χ3n) is 8.34. The number of phenolic OH excluding ortho intramolecular Hbond substituents is 1. The monoisotopic (exact) mass is 397 g/mol. The highest BCUT2D eigenvalue weighted by Gasteiger charge is 2.53. The summed E-state index contributed by atoms with van der Waals surface area (Å²) in [5, 5.41) is 13.5. The minimum Gasteiger partial charge on any atom is -0.506 e. The number of aromatic hydroxyl groups is 1. The van der Waals surface area contributed by atoms with Crippen molar-refractivity contribution in [3.8, 4) is 5.75 Å². The molecule has 1 atom stereocenters. The SMILES string of the molecule is CC(NC(=O)CN1CCN(c2ccccc2O)CC1)C12CC3CC(CC(C3)C1)C2. The van der Waals surface area contributed by atoms with Gasteiger partial charge in [0.2, 0.25) is 5.91 Å². The van der Waals surface area contributed by atoms with Gasteiger partial charge in [0.25, 0.3) is 0 Å². The summed E-state index contributed by atoms with van der Waals surface area (Å²) in [4.78, 5) is 17.3. The normalized spacial score (nSPS) is 34.9. The molecule has 1 unspecified atom stereocenters. The average molecular weight is 398 g/mol. The first-order chi connectivity index (χ1) is 14.0. The number of carbonyl (C=O) groups excluding carboxylic acids is 1. The summed E-state index contributed by atoms with van der Waals surface area (Å²) in [5.41, 5.74) is 1.26. The minimum absolute atomic E-state index is 0.184. The molecule has 2 N–H and O–H groups in total. The number of para-hydroxylation sites is 2. The molecule has 158 valence electrons. The number of anilines is 1. The quantitative estimate of drug-likeness (QED) is 0.801. The van der Waals surface area contributed by atoms with Crippen molar-refractivity contribution in [1.82, 2.24) is 10.2 Å². The summed E-state index contributed by atoms with van der Waals surface area (Å²) in [5.74, 6) is 3.28. The molecule has 1 aromatic carbocycles. The van der Waals surface area contributed by atoms with E-state index in [1.165, 1.54) is 38.5 Å². The Labute approximate surface area is 174 Å². The van der Waals surface area contributed by atoms with Crippen LogP contribution in [0, 0.1) is 23.2 Å². The van der Waals surface area contributed by atoms with Gasteiger partial charge in [-0.3, -0.25) is 9.69 Å². The average Bonchev–Trinajstić information content (AvgIpc) is 2.68. The molecule has 4 bridgehead atoms. The van der Waals surface area contributed by atoms with Gasteiger partial charge >= 0.3 is 0 Å². The largest absolute Gasteiger partial charge is 0.506 e. The van der Waals surface area contributed by atoms with Crippen molar-refractivity contribution in [2.45, 2.75) is 51.5 Å². The van der Waals surface area contributed by atoms with Crippen molar-refractivity contribution in [2.75, 3.05) is 37.6 Å². The van der Waals surface area contributed by atoms with Crippen LogP contribution in [0.5, 0.6) is 5.75 Å². The van der Waals surface area contributed by atoms with E-state index in [2.05, 4.69) is 22.0 Å². The highest BCUT2D eigenvalue weighted by molar-refractivity contribution is 5.78. The van der Waals surface area contributed by atoms with Gasteiger partial charge in [-0.2, -0.15) is 0 Å². The lowest BCUT2D eigenvalue weighted by Crippen LogP contribution is -2.57. The molecule has 1 aromatic rings. The molecule has 5 heteroatoms. The maximum absolute atomic E-state index is 12.8. The fraction of sp³-hybridized carbons (Fsp3) is 0.708. The summed E-state index contributed by atoms with van der Waals surface area (Å²) in [6.07, 6.45) is 8.34. The van der Waals surface area contributed by atoms with Crippen LogP contribution in [0.4, 0.5) is 5.69 Å². The van der Waals surface area contributed by atoms with E-state index in [1.54, 1.807) is 6.07 Å². The van der Waals surface area contributed by atoms with E-state index in [1.807, 2.05) is 18.2 Å². The third kappa shape index (κ3) is 3.74. The van der Waals surface area contributed by atoms with Crippen LogP contribution in [-0.4, -0.2) is 54.7 Å². The molecule has 6 rings (SSSR count). The summed E-state index contributed by atoms with van der Waals surface area (Å²) in [6, 6.07) is 7.81. The second-order valence-electron chi connectivity index (χ2n) is 10.3. The minimum atomic E-state index is 0.184. The first-order valence-corrected chi connectivity index (χ1v) is 11.6. The predicted octanol–water partition coefficient (Wildman–Crippen LogP) is 3.24. The van der Waals surface area contributed by atoms with Crippen molar-refractivity contribution in [1.29, 1.82) is 0 Å². The van der Waals surface area contributed by atoms with Crippen LogP contribution in [0.15, 0.2) is 24.3 Å². The van der Waals surface area contributed by atoms with E-state index in [4.69, 9.17) is 0 Å². The molecule has 5 fully saturated rings. The summed E-state index contributed by atoms with van der Waals surface area (Å²) in [6.45, 7) is 6.15. The molecule has 0 spiro atoms. The fourth-order valence-corrected chi connectivity index (χ4v) is 7.23. The van der Waals surface area contributed by atoms with Crippen molar-refractivity contribution in [2.24, 2.45) is 23.2 Å².